The van der Waals surface area contributed by atoms with E-state index in [0.29, 0.717) is 17.9 Å². The average Bonchev–Trinajstić information content (AvgIpc) is 2.67. The van der Waals surface area contributed by atoms with Gasteiger partial charge in [-0.15, -0.1) is 0 Å². The van der Waals surface area contributed by atoms with Crippen molar-refractivity contribution in [2.45, 2.75) is 39.2 Å². The molecule has 3 nitrogen and oxygen atoms in total. The van der Waals surface area contributed by atoms with E-state index in [9.17, 15) is 0 Å². The van der Waals surface area contributed by atoms with Crippen molar-refractivity contribution in [3.05, 3.63) is 23.3 Å². The Kier molecular flexibility index (Phi) is 4.35. The monoisotopic (exact) mass is 263 g/mol. The standard InChI is InChI=1S/C16H25NO2/c1-6-7-17-16-11(3)10(2)12-8-14(18-4)15(19-5)9-13(12)16/h8-11,16-17H,6-7H2,1-5H3. The van der Waals surface area contributed by atoms with Crippen molar-refractivity contribution >= 4 is 0 Å². The maximum Gasteiger partial charge on any atom is 0.161 e. The van der Waals surface area contributed by atoms with Crippen LogP contribution in [-0.4, -0.2) is 20.8 Å². The SMILES string of the molecule is CCCNC1c2cc(OC)c(OC)cc2C(C)C1C. The predicted molar refractivity (Wildman–Crippen MR) is 78.2 cm³/mol. The third-order valence-corrected chi connectivity index (χ3v) is 4.34. The van der Waals surface area contributed by atoms with Crippen LogP contribution < -0.4 is 14.8 Å². The molecule has 2 rings (SSSR count). The largest absolute Gasteiger partial charge is 0.493 e. The molecule has 0 radical (unpaired) electrons. The molecule has 0 spiro atoms. The van der Waals surface area contributed by atoms with Crippen LogP contribution in [0, 0.1) is 5.92 Å². The second kappa shape index (κ2) is 5.83. The fraction of sp³-hybridized carbons (Fsp3) is 0.625. The lowest BCUT2D eigenvalue weighted by Crippen LogP contribution is -2.25. The summed E-state index contributed by atoms with van der Waals surface area (Å²) in [5.41, 5.74) is 2.75. The molecule has 1 aliphatic carbocycles. The summed E-state index contributed by atoms with van der Waals surface area (Å²) in [6.45, 7) is 7.86. The van der Waals surface area contributed by atoms with E-state index >= 15 is 0 Å². The second-order valence-electron chi connectivity index (χ2n) is 5.42. The average molecular weight is 263 g/mol. The topological polar surface area (TPSA) is 30.5 Å². The van der Waals surface area contributed by atoms with E-state index in [0.717, 1.165) is 24.5 Å². The smallest absolute Gasteiger partial charge is 0.161 e. The van der Waals surface area contributed by atoms with Crippen LogP contribution in [0.15, 0.2) is 12.1 Å². The molecule has 3 atom stereocenters. The first kappa shape index (κ1) is 14.2. The number of nitrogens with one attached hydrogen (secondary N) is 1. The van der Waals surface area contributed by atoms with E-state index in [1.807, 2.05) is 0 Å². The maximum atomic E-state index is 5.43. The fourth-order valence-electron chi connectivity index (χ4n) is 3.02. The lowest BCUT2D eigenvalue weighted by atomic mass is 9.94. The number of hydrogen-bond donors (Lipinski definition) is 1. The zero-order valence-corrected chi connectivity index (χ0v) is 12.6. The first-order valence-corrected chi connectivity index (χ1v) is 7.13. The summed E-state index contributed by atoms with van der Waals surface area (Å²) in [4.78, 5) is 0. The van der Waals surface area contributed by atoms with Gasteiger partial charge in [0.25, 0.3) is 0 Å². The third kappa shape index (κ3) is 2.44. The molecular weight excluding hydrogens is 238 g/mol. The van der Waals surface area contributed by atoms with Crippen LogP contribution in [0.1, 0.15) is 50.3 Å². The van der Waals surface area contributed by atoms with Crippen LogP contribution in [0.3, 0.4) is 0 Å². The normalized spacial score (nSPS) is 25.2. The first-order chi connectivity index (χ1) is 9.13. The van der Waals surface area contributed by atoms with Crippen LogP contribution in [0.5, 0.6) is 11.5 Å². The third-order valence-electron chi connectivity index (χ3n) is 4.34. The highest BCUT2D eigenvalue weighted by Crippen LogP contribution is 2.48. The molecule has 0 bridgehead atoms. The van der Waals surface area contributed by atoms with Crippen molar-refractivity contribution in [2.24, 2.45) is 5.92 Å². The van der Waals surface area contributed by atoms with Gasteiger partial charge < -0.3 is 14.8 Å². The van der Waals surface area contributed by atoms with Crippen LogP contribution in [0.25, 0.3) is 0 Å². The molecule has 0 amide bonds. The lowest BCUT2D eigenvalue weighted by molar-refractivity contribution is 0.353. The molecule has 1 aromatic carbocycles. The summed E-state index contributed by atoms with van der Waals surface area (Å²) >= 11 is 0. The van der Waals surface area contributed by atoms with E-state index in [2.05, 4.69) is 38.2 Å². The Bertz CT molecular complexity index is 445. The van der Waals surface area contributed by atoms with E-state index in [1.54, 1.807) is 14.2 Å². The van der Waals surface area contributed by atoms with Gasteiger partial charge >= 0.3 is 0 Å². The Labute approximate surface area is 116 Å². The number of fused-ring (bicyclic) bond motifs is 1. The van der Waals surface area contributed by atoms with Crippen molar-refractivity contribution < 1.29 is 9.47 Å². The quantitative estimate of drug-likeness (QED) is 0.882. The molecular formula is C16H25NO2. The molecule has 0 saturated heterocycles. The van der Waals surface area contributed by atoms with Gasteiger partial charge in [-0.1, -0.05) is 20.8 Å². The highest BCUT2D eigenvalue weighted by molar-refractivity contribution is 5.52. The van der Waals surface area contributed by atoms with E-state index < -0.39 is 0 Å². The van der Waals surface area contributed by atoms with Crippen molar-refractivity contribution in [1.82, 2.24) is 5.32 Å². The van der Waals surface area contributed by atoms with Crippen molar-refractivity contribution in [1.29, 1.82) is 0 Å². The molecule has 1 aromatic rings. The van der Waals surface area contributed by atoms with Gasteiger partial charge in [-0.25, -0.2) is 0 Å². The summed E-state index contributed by atoms with van der Waals surface area (Å²) in [6, 6.07) is 4.70. The summed E-state index contributed by atoms with van der Waals surface area (Å²) in [5, 5.41) is 3.66. The Morgan fingerprint density at radius 3 is 2.16 bits per heavy atom. The van der Waals surface area contributed by atoms with Gasteiger partial charge in [0, 0.05) is 6.04 Å². The molecule has 1 aliphatic rings. The number of benzene rings is 1. The summed E-state index contributed by atoms with van der Waals surface area (Å²) in [6.07, 6.45) is 1.15. The highest BCUT2D eigenvalue weighted by Gasteiger charge is 2.36. The molecule has 3 unspecified atom stereocenters. The van der Waals surface area contributed by atoms with Gasteiger partial charge in [0.2, 0.25) is 0 Å². The van der Waals surface area contributed by atoms with Crippen LogP contribution in [0.4, 0.5) is 0 Å². The summed E-state index contributed by atoms with van der Waals surface area (Å²) in [7, 11) is 3.39. The van der Waals surface area contributed by atoms with Gasteiger partial charge in [0.05, 0.1) is 14.2 Å². The van der Waals surface area contributed by atoms with E-state index in [1.165, 1.54) is 11.1 Å². The number of hydrogen-bond acceptors (Lipinski definition) is 3. The minimum Gasteiger partial charge on any atom is -0.493 e. The second-order valence-corrected chi connectivity index (χ2v) is 5.42. The Morgan fingerprint density at radius 2 is 1.63 bits per heavy atom. The maximum absolute atomic E-state index is 5.43. The number of rotatable bonds is 5. The van der Waals surface area contributed by atoms with Crippen molar-refractivity contribution in [3.8, 4) is 11.5 Å². The van der Waals surface area contributed by atoms with Gasteiger partial charge in [-0.05, 0) is 48.1 Å². The minimum absolute atomic E-state index is 0.421. The predicted octanol–water partition coefficient (Wildman–Crippen LogP) is 3.50. The number of ether oxygens (including phenoxy) is 2. The van der Waals surface area contributed by atoms with Crippen molar-refractivity contribution in [2.75, 3.05) is 20.8 Å². The summed E-state index contributed by atoms with van der Waals surface area (Å²) in [5.74, 6) is 2.80. The van der Waals surface area contributed by atoms with E-state index in [4.69, 9.17) is 9.47 Å². The van der Waals surface area contributed by atoms with Crippen LogP contribution >= 0.6 is 0 Å². The number of methoxy groups -OCH3 is 2. The molecule has 0 heterocycles. The molecule has 19 heavy (non-hydrogen) atoms. The van der Waals surface area contributed by atoms with Crippen LogP contribution in [-0.2, 0) is 0 Å². The van der Waals surface area contributed by atoms with E-state index in [-0.39, 0.29) is 0 Å². The van der Waals surface area contributed by atoms with Gasteiger partial charge in [-0.2, -0.15) is 0 Å². The zero-order valence-electron chi connectivity index (χ0n) is 12.6. The van der Waals surface area contributed by atoms with Crippen LogP contribution in [0.2, 0.25) is 0 Å². The zero-order chi connectivity index (χ0) is 14.0. The van der Waals surface area contributed by atoms with Gasteiger partial charge in [0.1, 0.15) is 0 Å². The molecule has 0 fully saturated rings. The molecule has 106 valence electrons. The molecule has 0 saturated carbocycles. The molecule has 0 aliphatic heterocycles. The fourth-order valence-corrected chi connectivity index (χ4v) is 3.02. The lowest BCUT2D eigenvalue weighted by Gasteiger charge is -2.20. The highest BCUT2D eigenvalue weighted by atomic mass is 16.5. The molecule has 1 N–H and O–H groups in total. The Morgan fingerprint density at radius 1 is 1.05 bits per heavy atom. The molecule has 3 heteroatoms. The summed E-state index contributed by atoms with van der Waals surface area (Å²) < 4.78 is 10.8. The Hall–Kier alpha value is -1.22. The minimum atomic E-state index is 0.421. The van der Waals surface area contributed by atoms with Gasteiger partial charge in [0.15, 0.2) is 11.5 Å². The molecule has 0 aromatic heterocycles. The van der Waals surface area contributed by atoms with Crippen molar-refractivity contribution in [3.63, 3.8) is 0 Å². The Balaban J connectivity index is 2.41. The van der Waals surface area contributed by atoms with Gasteiger partial charge in [-0.3, -0.25) is 0 Å². The first-order valence-electron chi connectivity index (χ1n) is 7.13.